The number of benzene rings is 1. The van der Waals surface area contributed by atoms with E-state index in [2.05, 4.69) is 15.0 Å². The van der Waals surface area contributed by atoms with Gasteiger partial charge in [-0.1, -0.05) is 13.0 Å². The molecule has 1 unspecified atom stereocenters. The monoisotopic (exact) mass is 417 g/mol. The quantitative estimate of drug-likeness (QED) is 0.425. The fraction of sp³-hybridized carbons (Fsp3) is 0.462. The van der Waals surface area contributed by atoms with E-state index in [-0.39, 0.29) is 53.8 Å². The van der Waals surface area contributed by atoms with Crippen molar-refractivity contribution in [2.45, 2.75) is 39.5 Å². The summed E-state index contributed by atoms with van der Waals surface area (Å²) in [5.41, 5.74) is 5.57. The van der Waals surface area contributed by atoms with Gasteiger partial charge in [0, 0.05) is 6.04 Å². The second kappa shape index (κ2) is 9.69. The normalized spacial score (nSPS) is 12.8. The molecule has 0 radical (unpaired) electrons. The van der Waals surface area contributed by atoms with E-state index in [4.69, 9.17) is 5.73 Å². The molecule has 0 amide bonds. The highest BCUT2D eigenvalue weighted by molar-refractivity contribution is 14.0. The van der Waals surface area contributed by atoms with E-state index in [0.717, 1.165) is 12.5 Å². The molecule has 0 aliphatic heterocycles. The van der Waals surface area contributed by atoms with Gasteiger partial charge in [0.15, 0.2) is 5.96 Å². The molecule has 1 aromatic rings. The van der Waals surface area contributed by atoms with Crippen molar-refractivity contribution in [2.24, 2.45) is 10.7 Å². The number of nitrogens with one attached hydrogen (secondary N) is 1. The van der Waals surface area contributed by atoms with Gasteiger partial charge in [0.25, 0.3) is 0 Å². The van der Waals surface area contributed by atoms with E-state index in [9.17, 15) is 13.2 Å². The molecule has 0 saturated carbocycles. The Labute approximate surface area is 139 Å². The van der Waals surface area contributed by atoms with Crippen molar-refractivity contribution in [1.29, 1.82) is 0 Å². The molecule has 0 heterocycles. The van der Waals surface area contributed by atoms with Gasteiger partial charge in [0.05, 0.1) is 12.1 Å². The Morgan fingerprint density at radius 1 is 1.43 bits per heavy atom. The van der Waals surface area contributed by atoms with Crippen LogP contribution in [0, 0.1) is 5.82 Å². The molecule has 0 bridgehead atoms. The fourth-order valence-electron chi connectivity index (χ4n) is 1.46. The summed E-state index contributed by atoms with van der Waals surface area (Å²) in [5, 5.41) is 2.90. The lowest BCUT2D eigenvalue weighted by molar-refractivity contribution is -0.0506. The fourth-order valence-corrected chi connectivity index (χ4v) is 1.46. The summed E-state index contributed by atoms with van der Waals surface area (Å²) >= 11 is 0. The van der Waals surface area contributed by atoms with Crippen LogP contribution in [0.2, 0.25) is 0 Å². The minimum absolute atomic E-state index is 0. The van der Waals surface area contributed by atoms with Crippen LogP contribution in [-0.2, 0) is 6.54 Å². The lowest BCUT2D eigenvalue weighted by Gasteiger charge is -2.13. The van der Waals surface area contributed by atoms with Crippen LogP contribution in [0.15, 0.2) is 23.2 Å². The largest absolute Gasteiger partial charge is 0.434 e. The molecule has 21 heavy (non-hydrogen) atoms. The average Bonchev–Trinajstić information content (AvgIpc) is 2.37. The van der Waals surface area contributed by atoms with Gasteiger partial charge in [0.1, 0.15) is 11.6 Å². The summed E-state index contributed by atoms with van der Waals surface area (Å²) in [6, 6.07) is 3.83. The number of rotatable bonds is 6. The average molecular weight is 417 g/mol. The molecule has 1 aromatic carbocycles. The summed E-state index contributed by atoms with van der Waals surface area (Å²) in [4.78, 5) is 3.93. The van der Waals surface area contributed by atoms with Gasteiger partial charge >= 0.3 is 6.61 Å². The number of ether oxygens (including phenoxy) is 1. The Morgan fingerprint density at radius 2 is 2.10 bits per heavy atom. The summed E-state index contributed by atoms with van der Waals surface area (Å²) in [6.07, 6.45) is 0.843. The first kappa shape index (κ1) is 19.8. The van der Waals surface area contributed by atoms with E-state index in [1.165, 1.54) is 12.1 Å². The molecule has 0 aromatic heterocycles. The molecule has 0 aliphatic carbocycles. The topological polar surface area (TPSA) is 59.6 Å². The van der Waals surface area contributed by atoms with Crippen molar-refractivity contribution in [3.05, 3.63) is 29.6 Å². The Kier molecular flexibility index (Phi) is 9.14. The predicted molar refractivity (Wildman–Crippen MR) is 86.7 cm³/mol. The van der Waals surface area contributed by atoms with E-state index in [1.807, 2.05) is 13.8 Å². The van der Waals surface area contributed by atoms with Crippen LogP contribution in [0.5, 0.6) is 5.75 Å². The third-order valence-electron chi connectivity index (χ3n) is 2.71. The minimum Gasteiger partial charge on any atom is -0.434 e. The van der Waals surface area contributed by atoms with Gasteiger partial charge < -0.3 is 15.8 Å². The van der Waals surface area contributed by atoms with Crippen LogP contribution >= 0.6 is 24.0 Å². The van der Waals surface area contributed by atoms with Gasteiger partial charge in [-0.2, -0.15) is 8.78 Å². The van der Waals surface area contributed by atoms with Crippen LogP contribution in [0.1, 0.15) is 25.8 Å². The number of nitrogens with two attached hydrogens (primary N) is 1. The molecule has 1 atom stereocenters. The van der Waals surface area contributed by atoms with Crippen molar-refractivity contribution >= 4 is 29.9 Å². The predicted octanol–water partition coefficient (Wildman–Crippen LogP) is 3.25. The summed E-state index contributed by atoms with van der Waals surface area (Å²) in [6.45, 7) is 0.687. The number of guanidine groups is 1. The van der Waals surface area contributed by atoms with E-state index >= 15 is 0 Å². The molecule has 4 nitrogen and oxygen atoms in total. The number of hydrogen-bond acceptors (Lipinski definition) is 2. The highest BCUT2D eigenvalue weighted by Gasteiger charge is 2.13. The molecule has 0 saturated heterocycles. The van der Waals surface area contributed by atoms with Gasteiger partial charge in [0.2, 0.25) is 0 Å². The Morgan fingerprint density at radius 3 is 2.67 bits per heavy atom. The smallest absolute Gasteiger partial charge is 0.387 e. The van der Waals surface area contributed by atoms with Crippen molar-refractivity contribution in [1.82, 2.24) is 5.32 Å². The lowest BCUT2D eigenvalue weighted by atomic mass is 10.2. The van der Waals surface area contributed by atoms with E-state index in [0.29, 0.717) is 0 Å². The number of aliphatic imine (C=N–C) groups is 1. The van der Waals surface area contributed by atoms with Crippen LogP contribution < -0.4 is 15.8 Å². The number of nitrogens with zero attached hydrogens (tertiary/aromatic N) is 1. The first-order chi connectivity index (χ1) is 9.43. The summed E-state index contributed by atoms with van der Waals surface area (Å²) < 4.78 is 42.3. The van der Waals surface area contributed by atoms with Gasteiger partial charge in [-0.25, -0.2) is 9.38 Å². The molecule has 0 aliphatic rings. The number of alkyl halides is 2. The summed E-state index contributed by atoms with van der Waals surface area (Å²) in [5.74, 6) is -0.770. The maximum Gasteiger partial charge on any atom is 0.387 e. The molecule has 1 rings (SSSR count). The van der Waals surface area contributed by atoms with Crippen molar-refractivity contribution in [3.63, 3.8) is 0 Å². The zero-order chi connectivity index (χ0) is 15.1. The van der Waals surface area contributed by atoms with Crippen LogP contribution in [0.25, 0.3) is 0 Å². The second-order valence-corrected chi connectivity index (χ2v) is 4.25. The molecule has 8 heteroatoms. The van der Waals surface area contributed by atoms with Crippen LogP contribution in [0.4, 0.5) is 13.2 Å². The van der Waals surface area contributed by atoms with Gasteiger partial charge in [-0.3, -0.25) is 0 Å². The van der Waals surface area contributed by atoms with Crippen LogP contribution in [0.3, 0.4) is 0 Å². The number of hydrogen-bond donors (Lipinski definition) is 2. The van der Waals surface area contributed by atoms with Crippen molar-refractivity contribution in [3.8, 4) is 5.75 Å². The van der Waals surface area contributed by atoms with Crippen molar-refractivity contribution < 1.29 is 17.9 Å². The Balaban J connectivity index is 0.00000400. The van der Waals surface area contributed by atoms with E-state index in [1.54, 1.807) is 0 Å². The molecule has 0 spiro atoms. The minimum atomic E-state index is -3.02. The third kappa shape index (κ3) is 6.87. The van der Waals surface area contributed by atoms with Gasteiger partial charge in [-0.15, -0.1) is 24.0 Å². The highest BCUT2D eigenvalue weighted by atomic mass is 127. The van der Waals surface area contributed by atoms with E-state index < -0.39 is 12.4 Å². The van der Waals surface area contributed by atoms with Crippen molar-refractivity contribution in [2.75, 3.05) is 0 Å². The maximum atomic E-state index is 13.6. The Hall–Kier alpha value is -1.19. The first-order valence-electron chi connectivity index (χ1n) is 6.22. The standard InChI is InChI=1S/C13H18F3N3O.HI/c1-3-8(2)19-13(17)18-7-9-10(14)5-4-6-11(9)20-12(15)16;/h4-6,8,12H,3,7H2,1-2H3,(H3,17,18,19);1H. The molecule has 120 valence electrons. The SMILES string of the molecule is CCC(C)NC(N)=NCc1c(F)cccc1OC(F)F.I. The molecule has 0 fully saturated rings. The lowest BCUT2D eigenvalue weighted by Crippen LogP contribution is -2.38. The maximum absolute atomic E-state index is 13.6. The second-order valence-electron chi connectivity index (χ2n) is 4.25. The van der Waals surface area contributed by atoms with Gasteiger partial charge in [-0.05, 0) is 25.5 Å². The zero-order valence-electron chi connectivity index (χ0n) is 11.8. The molecule has 3 N–H and O–H groups in total. The zero-order valence-corrected chi connectivity index (χ0v) is 14.1. The summed E-state index contributed by atoms with van der Waals surface area (Å²) in [7, 11) is 0. The third-order valence-corrected chi connectivity index (χ3v) is 2.71. The highest BCUT2D eigenvalue weighted by Crippen LogP contribution is 2.24. The number of halogens is 4. The molecular formula is C13H19F3IN3O. The van der Waals surface area contributed by atoms with Crippen LogP contribution in [-0.4, -0.2) is 18.6 Å². The first-order valence-corrected chi connectivity index (χ1v) is 6.22. The molecular weight excluding hydrogens is 398 g/mol. The Bertz CT molecular complexity index is 472.